The molecule has 0 aromatic carbocycles. The highest BCUT2D eigenvalue weighted by atomic mass is 32.2. The number of thioether (sulfide) groups is 1. The lowest BCUT2D eigenvalue weighted by molar-refractivity contribution is -0.122. The van der Waals surface area contributed by atoms with Gasteiger partial charge in [-0.05, 0) is 31.4 Å². The Morgan fingerprint density at radius 3 is 2.61 bits per heavy atom. The maximum Gasteiger partial charge on any atom is 0.249 e. The molecular weight excluding hydrogens is 314 g/mol. The van der Waals surface area contributed by atoms with Gasteiger partial charge in [0.05, 0.1) is 5.25 Å². The minimum atomic E-state index is -0.229. The Bertz CT molecular complexity index is 497. The number of nitrogens with zero attached hydrogens (tertiary/aromatic N) is 2. The molecule has 23 heavy (non-hydrogen) atoms. The van der Waals surface area contributed by atoms with Gasteiger partial charge >= 0.3 is 0 Å². The van der Waals surface area contributed by atoms with Crippen molar-refractivity contribution in [1.29, 1.82) is 0 Å². The van der Waals surface area contributed by atoms with E-state index < -0.39 is 0 Å². The number of carbonyl (C=O) groups is 1. The molecule has 2 heterocycles. The number of rotatable bonds is 7. The summed E-state index contributed by atoms with van der Waals surface area (Å²) in [6, 6.07) is -0.229. The van der Waals surface area contributed by atoms with Crippen LogP contribution in [0.2, 0.25) is 0 Å². The van der Waals surface area contributed by atoms with Crippen molar-refractivity contribution in [2.24, 2.45) is 5.92 Å². The predicted octanol–water partition coefficient (Wildman–Crippen LogP) is 2.92. The van der Waals surface area contributed by atoms with Crippen LogP contribution >= 0.6 is 11.8 Å². The highest BCUT2D eigenvalue weighted by Gasteiger charge is 2.33. The van der Waals surface area contributed by atoms with E-state index >= 15 is 0 Å². The first kappa shape index (κ1) is 18.3. The van der Waals surface area contributed by atoms with Crippen LogP contribution < -0.4 is 5.32 Å². The summed E-state index contributed by atoms with van der Waals surface area (Å²) >= 11 is 1.57. The van der Waals surface area contributed by atoms with Gasteiger partial charge in [-0.2, -0.15) is 16.7 Å². The second kappa shape index (κ2) is 8.68. The van der Waals surface area contributed by atoms with Crippen molar-refractivity contribution in [3.63, 3.8) is 0 Å². The van der Waals surface area contributed by atoms with E-state index in [1.807, 2.05) is 27.0 Å². The quantitative estimate of drug-likeness (QED) is 0.821. The number of carbonyl (C=O) groups excluding carboxylic acids is 1. The molecule has 6 nitrogen and oxygen atoms in total. The summed E-state index contributed by atoms with van der Waals surface area (Å²) in [6.45, 7) is 7.49. The van der Waals surface area contributed by atoms with E-state index in [4.69, 9.17) is 9.26 Å². The fourth-order valence-electron chi connectivity index (χ4n) is 2.74. The van der Waals surface area contributed by atoms with Gasteiger partial charge in [0.2, 0.25) is 11.8 Å². The molecule has 0 radical (unpaired) electrons. The van der Waals surface area contributed by atoms with E-state index in [0.717, 1.165) is 19.3 Å². The molecule has 1 fully saturated rings. The van der Waals surface area contributed by atoms with Gasteiger partial charge in [0, 0.05) is 19.1 Å². The van der Waals surface area contributed by atoms with Gasteiger partial charge in [-0.15, -0.1) is 0 Å². The fourth-order valence-corrected chi connectivity index (χ4v) is 3.36. The van der Waals surface area contributed by atoms with Crippen LogP contribution in [0.3, 0.4) is 0 Å². The number of ether oxygens (including phenoxy) is 1. The molecule has 1 saturated heterocycles. The smallest absolute Gasteiger partial charge is 0.249 e. The fraction of sp³-hybridized carbons (Fsp3) is 0.812. The minimum absolute atomic E-state index is 0.0424. The minimum Gasteiger partial charge on any atom is -0.381 e. The van der Waals surface area contributed by atoms with Crippen LogP contribution in [-0.4, -0.2) is 40.8 Å². The summed E-state index contributed by atoms with van der Waals surface area (Å²) < 4.78 is 10.9. The topological polar surface area (TPSA) is 77.3 Å². The third-order valence-electron chi connectivity index (χ3n) is 4.22. The molecule has 1 aromatic rings. The van der Waals surface area contributed by atoms with E-state index in [2.05, 4.69) is 15.5 Å². The zero-order valence-electron chi connectivity index (χ0n) is 14.4. The molecule has 1 amide bonds. The Balaban J connectivity index is 2.18. The first-order valence-corrected chi connectivity index (χ1v) is 9.60. The molecular formula is C16H27N3O3S. The van der Waals surface area contributed by atoms with Gasteiger partial charge in [0.1, 0.15) is 6.04 Å². The van der Waals surface area contributed by atoms with E-state index in [-0.39, 0.29) is 29.0 Å². The van der Waals surface area contributed by atoms with Crippen molar-refractivity contribution in [2.75, 3.05) is 19.5 Å². The summed E-state index contributed by atoms with van der Waals surface area (Å²) in [5.74, 6) is 1.72. The molecule has 1 N–H and O–H groups in total. The summed E-state index contributed by atoms with van der Waals surface area (Å²) in [6.07, 6.45) is 4.54. The van der Waals surface area contributed by atoms with Crippen molar-refractivity contribution >= 4 is 17.7 Å². The molecule has 0 bridgehead atoms. The summed E-state index contributed by atoms with van der Waals surface area (Å²) in [7, 11) is 0. The van der Waals surface area contributed by atoms with Crippen LogP contribution in [-0.2, 0) is 9.53 Å². The Morgan fingerprint density at radius 2 is 2.09 bits per heavy atom. The molecule has 0 aliphatic carbocycles. The standard InChI is InChI=1S/C16H27N3O3S/c1-5-12(23-4)15(20)17-13(11-6-8-21-9-7-11)16-18-14(10(2)3)19-22-16/h10-13H,5-9H2,1-4H3,(H,17,20)/t12-,13-/m1/s1. The van der Waals surface area contributed by atoms with Crippen LogP contribution in [0.5, 0.6) is 0 Å². The van der Waals surface area contributed by atoms with Gasteiger partial charge in [-0.1, -0.05) is 25.9 Å². The molecule has 0 spiro atoms. The van der Waals surface area contributed by atoms with Crippen molar-refractivity contribution < 1.29 is 14.1 Å². The summed E-state index contributed by atoms with van der Waals surface area (Å²) in [5, 5.41) is 7.14. The monoisotopic (exact) mass is 341 g/mol. The Hall–Kier alpha value is -1.08. The van der Waals surface area contributed by atoms with Gasteiger partial charge in [0.25, 0.3) is 0 Å². The highest BCUT2D eigenvalue weighted by Crippen LogP contribution is 2.30. The van der Waals surface area contributed by atoms with Crippen molar-refractivity contribution in [3.8, 4) is 0 Å². The normalized spacial score (nSPS) is 18.8. The number of amides is 1. The van der Waals surface area contributed by atoms with Gasteiger partial charge in [0.15, 0.2) is 5.82 Å². The first-order valence-electron chi connectivity index (χ1n) is 8.31. The molecule has 1 aromatic heterocycles. The first-order chi connectivity index (χ1) is 11.1. The van der Waals surface area contributed by atoms with Crippen LogP contribution in [0.25, 0.3) is 0 Å². The number of hydrogen-bond acceptors (Lipinski definition) is 6. The number of aromatic nitrogens is 2. The van der Waals surface area contributed by atoms with Gasteiger partial charge in [-0.25, -0.2) is 0 Å². The SMILES string of the molecule is CC[C@@H](SC)C(=O)N[C@@H](c1nc(C(C)C)no1)C1CCOCC1. The second-order valence-electron chi connectivity index (χ2n) is 6.21. The molecule has 1 aliphatic heterocycles. The average molecular weight is 341 g/mol. The number of hydrogen-bond donors (Lipinski definition) is 1. The maximum absolute atomic E-state index is 12.5. The molecule has 0 unspecified atom stereocenters. The highest BCUT2D eigenvalue weighted by molar-refractivity contribution is 7.99. The van der Waals surface area contributed by atoms with Crippen molar-refractivity contribution in [3.05, 3.63) is 11.7 Å². The molecule has 2 atom stereocenters. The van der Waals surface area contributed by atoms with Crippen molar-refractivity contribution in [2.45, 2.75) is 57.2 Å². The van der Waals surface area contributed by atoms with Crippen LogP contribution in [0.15, 0.2) is 4.52 Å². The molecule has 0 saturated carbocycles. The Labute approximate surface area is 142 Å². The molecule has 2 rings (SSSR count). The third-order valence-corrected chi connectivity index (χ3v) is 5.34. The van der Waals surface area contributed by atoms with Crippen LogP contribution in [0.1, 0.15) is 63.7 Å². The van der Waals surface area contributed by atoms with E-state index in [9.17, 15) is 4.79 Å². The lowest BCUT2D eigenvalue weighted by atomic mass is 9.91. The predicted molar refractivity (Wildman–Crippen MR) is 90.4 cm³/mol. The van der Waals surface area contributed by atoms with E-state index in [1.165, 1.54) is 0 Å². The zero-order valence-corrected chi connectivity index (χ0v) is 15.2. The summed E-state index contributed by atoms with van der Waals surface area (Å²) in [5.41, 5.74) is 0. The Kier molecular flexibility index (Phi) is 6.89. The molecule has 7 heteroatoms. The Morgan fingerprint density at radius 1 is 1.39 bits per heavy atom. The van der Waals surface area contributed by atoms with Gasteiger partial charge < -0.3 is 14.6 Å². The van der Waals surface area contributed by atoms with E-state index in [1.54, 1.807) is 11.8 Å². The lowest BCUT2D eigenvalue weighted by Crippen LogP contribution is -2.40. The summed E-state index contributed by atoms with van der Waals surface area (Å²) in [4.78, 5) is 17.0. The largest absolute Gasteiger partial charge is 0.381 e. The van der Waals surface area contributed by atoms with Crippen LogP contribution in [0.4, 0.5) is 0 Å². The van der Waals surface area contributed by atoms with Gasteiger partial charge in [-0.3, -0.25) is 4.79 Å². The average Bonchev–Trinajstić information content (AvgIpc) is 3.04. The maximum atomic E-state index is 12.5. The number of nitrogens with one attached hydrogen (secondary N) is 1. The zero-order chi connectivity index (χ0) is 16.8. The lowest BCUT2D eigenvalue weighted by Gasteiger charge is -2.29. The van der Waals surface area contributed by atoms with E-state index in [0.29, 0.717) is 24.9 Å². The second-order valence-corrected chi connectivity index (χ2v) is 7.25. The molecule has 1 aliphatic rings. The van der Waals surface area contributed by atoms with Crippen molar-refractivity contribution in [1.82, 2.24) is 15.5 Å². The third kappa shape index (κ3) is 4.70. The van der Waals surface area contributed by atoms with Crippen LogP contribution in [0, 0.1) is 5.92 Å². The molecule has 130 valence electrons.